The molecule has 3 aliphatic heterocycles. The highest BCUT2D eigenvalue weighted by molar-refractivity contribution is 7.91. The number of nitrogens with zero attached hydrogens (tertiary/aromatic N) is 2. The molecule has 0 radical (unpaired) electrons. The van der Waals surface area contributed by atoms with Crippen molar-refractivity contribution in [2.45, 2.75) is 19.0 Å². The van der Waals surface area contributed by atoms with Crippen molar-refractivity contribution in [2.24, 2.45) is 0 Å². The molecule has 1 atom stereocenters. The van der Waals surface area contributed by atoms with Gasteiger partial charge in [0.2, 0.25) is 6.79 Å². The molecule has 1 aromatic rings. The van der Waals surface area contributed by atoms with Crippen LogP contribution in [0.1, 0.15) is 12.0 Å². The zero-order chi connectivity index (χ0) is 19.7. The van der Waals surface area contributed by atoms with Crippen molar-refractivity contribution in [2.75, 3.05) is 44.5 Å². The molecule has 1 aromatic carbocycles. The first kappa shape index (κ1) is 19.0. The van der Waals surface area contributed by atoms with Gasteiger partial charge in [0.05, 0.1) is 11.5 Å². The van der Waals surface area contributed by atoms with Gasteiger partial charge in [-0.3, -0.25) is 14.5 Å². The Labute approximate surface area is 163 Å². The van der Waals surface area contributed by atoms with Crippen molar-refractivity contribution < 1.29 is 27.5 Å². The molecule has 0 aliphatic carbocycles. The summed E-state index contributed by atoms with van der Waals surface area (Å²) in [7, 11) is -3.10. The lowest BCUT2D eigenvalue weighted by molar-refractivity contribution is -0.147. The van der Waals surface area contributed by atoms with Crippen LogP contribution >= 0.6 is 0 Å². The van der Waals surface area contributed by atoms with E-state index in [4.69, 9.17) is 9.47 Å². The predicted molar refractivity (Wildman–Crippen MR) is 99.6 cm³/mol. The summed E-state index contributed by atoms with van der Waals surface area (Å²) in [5, 5.41) is 2.56. The van der Waals surface area contributed by atoms with Crippen LogP contribution in [0.25, 0.3) is 0 Å². The number of rotatable bonds is 3. The van der Waals surface area contributed by atoms with Gasteiger partial charge in [-0.25, -0.2) is 8.42 Å². The van der Waals surface area contributed by atoms with Gasteiger partial charge in [-0.05, 0) is 24.1 Å². The van der Waals surface area contributed by atoms with Gasteiger partial charge in [0.25, 0.3) is 0 Å². The minimum Gasteiger partial charge on any atom is -0.454 e. The molecule has 1 N–H and O–H groups in total. The molecule has 0 bridgehead atoms. The van der Waals surface area contributed by atoms with E-state index < -0.39 is 27.7 Å². The number of amides is 2. The molecule has 0 spiro atoms. The molecule has 9 nitrogen and oxygen atoms in total. The second kappa shape index (κ2) is 7.59. The van der Waals surface area contributed by atoms with Gasteiger partial charge in [0.15, 0.2) is 21.3 Å². The summed E-state index contributed by atoms with van der Waals surface area (Å²) in [4.78, 5) is 28.2. The second-order valence-electron chi connectivity index (χ2n) is 7.33. The van der Waals surface area contributed by atoms with Gasteiger partial charge < -0.3 is 19.7 Å². The van der Waals surface area contributed by atoms with Gasteiger partial charge in [0.1, 0.15) is 0 Å². The first-order valence-corrected chi connectivity index (χ1v) is 11.1. The Hall–Kier alpha value is -2.33. The van der Waals surface area contributed by atoms with E-state index in [1.165, 1.54) is 4.90 Å². The standard InChI is InChI=1S/C18H23N3O6S/c22-17(19-14-3-8-28(24,25)11-14)18(23)21-6-4-20(5-7-21)10-13-1-2-15-16(9-13)27-12-26-15/h1-2,9,14H,3-8,10-12H2,(H,19,22). The minimum atomic E-state index is -3.10. The number of carbonyl (C=O) groups is 2. The number of sulfone groups is 1. The third-order valence-electron chi connectivity index (χ3n) is 5.26. The highest BCUT2D eigenvalue weighted by atomic mass is 32.2. The summed E-state index contributed by atoms with van der Waals surface area (Å²) in [6.07, 6.45) is 0.366. The number of hydrogen-bond acceptors (Lipinski definition) is 7. The van der Waals surface area contributed by atoms with Gasteiger partial charge in [0, 0.05) is 38.8 Å². The van der Waals surface area contributed by atoms with E-state index in [2.05, 4.69) is 10.2 Å². The van der Waals surface area contributed by atoms with Crippen LogP contribution in [0.15, 0.2) is 18.2 Å². The van der Waals surface area contributed by atoms with Crippen molar-refractivity contribution in [3.8, 4) is 11.5 Å². The fraction of sp³-hybridized carbons (Fsp3) is 0.556. The summed E-state index contributed by atoms with van der Waals surface area (Å²) in [5.74, 6) is 0.163. The van der Waals surface area contributed by atoms with Crippen LogP contribution in [0, 0.1) is 0 Å². The molecule has 10 heteroatoms. The first-order valence-electron chi connectivity index (χ1n) is 9.31. The van der Waals surface area contributed by atoms with E-state index in [0.29, 0.717) is 32.6 Å². The molecule has 3 heterocycles. The maximum absolute atomic E-state index is 12.4. The lowest BCUT2D eigenvalue weighted by Gasteiger charge is -2.34. The fourth-order valence-electron chi connectivity index (χ4n) is 3.71. The molecule has 152 valence electrons. The quantitative estimate of drug-likeness (QED) is 0.662. The van der Waals surface area contributed by atoms with Crippen molar-refractivity contribution in [1.82, 2.24) is 15.1 Å². The number of nitrogens with one attached hydrogen (secondary N) is 1. The van der Waals surface area contributed by atoms with Crippen molar-refractivity contribution in [1.29, 1.82) is 0 Å². The Kier molecular flexibility index (Phi) is 5.15. The van der Waals surface area contributed by atoms with Gasteiger partial charge >= 0.3 is 11.8 Å². The largest absolute Gasteiger partial charge is 0.454 e. The summed E-state index contributed by atoms with van der Waals surface area (Å²) < 4.78 is 33.7. The smallest absolute Gasteiger partial charge is 0.311 e. The lowest BCUT2D eigenvalue weighted by atomic mass is 10.1. The van der Waals surface area contributed by atoms with Crippen LogP contribution in [0.3, 0.4) is 0 Å². The van der Waals surface area contributed by atoms with Crippen molar-refractivity contribution >= 4 is 21.7 Å². The summed E-state index contributed by atoms with van der Waals surface area (Å²) in [6, 6.07) is 5.39. The van der Waals surface area contributed by atoms with E-state index in [0.717, 1.165) is 23.6 Å². The highest BCUT2D eigenvalue weighted by Crippen LogP contribution is 2.32. The van der Waals surface area contributed by atoms with Crippen LogP contribution in [0.5, 0.6) is 11.5 Å². The third kappa shape index (κ3) is 4.22. The Morgan fingerprint density at radius 2 is 1.86 bits per heavy atom. The topological polar surface area (TPSA) is 105 Å². The predicted octanol–water partition coefficient (Wildman–Crippen LogP) is -0.637. The molecule has 4 rings (SSSR count). The Morgan fingerprint density at radius 3 is 2.57 bits per heavy atom. The molecule has 28 heavy (non-hydrogen) atoms. The average Bonchev–Trinajstić information content (AvgIpc) is 3.27. The summed E-state index contributed by atoms with van der Waals surface area (Å²) >= 11 is 0. The Balaban J connectivity index is 1.25. The van der Waals surface area contributed by atoms with E-state index in [9.17, 15) is 18.0 Å². The molecular weight excluding hydrogens is 386 g/mol. The maximum Gasteiger partial charge on any atom is 0.311 e. The second-order valence-corrected chi connectivity index (χ2v) is 9.56. The van der Waals surface area contributed by atoms with E-state index in [-0.39, 0.29) is 18.3 Å². The number of carbonyl (C=O) groups excluding carboxylic acids is 2. The molecule has 2 amide bonds. The summed E-state index contributed by atoms with van der Waals surface area (Å²) in [5.41, 5.74) is 1.10. The number of fused-ring (bicyclic) bond motifs is 1. The monoisotopic (exact) mass is 409 g/mol. The van der Waals surface area contributed by atoms with Gasteiger partial charge in [-0.1, -0.05) is 6.07 Å². The number of piperazine rings is 1. The summed E-state index contributed by atoms with van der Waals surface area (Å²) in [6.45, 7) is 3.20. The molecule has 2 fully saturated rings. The Morgan fingerprint density at radius 1 is 1.11 bits per heavy atom. The molecule has 0 saturated carbocycles. The average molecular weight is 409 g/mol. The maximum atomic E-state index is 12.4. The molecular formula is C18H23N3O6S. The van der Waals surface area contributed by atoms with Crippen molar-refractivity contribution in [3.05, 3.63) is 23.8 Å². The third-order valence-corrected chi connectivity index (χ3v) is 7.03. The zero-order valence-electron chi connectivity index (χ0n) is 15.4. The number of hydrogen-bond donors (Lipinski definition) is 1. The first-order chi connectivity index (χ1) is 13.4. The molecule has 2 saturated heterocycles. The highest BCUT2D eigenvalue weighted by Gasteiger charge is 2.32. The zero-order valence-corrected chi connectivity index (χ0v) is 16.2. The minimum absolute atomic E-state index is 0.0602. The lowest BCUT2D eigenvalue weighted by Crippen LogP contribution is -2.53. The van der Waals surface area contributed by atoms with Crippen LogP contribution in [-0.4, -0.2) is 80.6 Å². The normalized spacial score (nSPS) is 23.6. The van der Waals surface area contributed by atoms with E-state index in [1.54, 1.807) is 0 Å². The van der Waals surface area contributed by atoms with Crippen LogP contribution in [0.2, 0.25) is 0 Å². The SMILES string of the molecule is O=C(NC1CCS(=O)(=O)C1)C(=O)N1CCN(Cc2ccc3c(c2)OCO3)CC1. The van der Waals surface area contributed by atoms with Gasteiger partial charge in [-0.15, -0.1) is 0 Å². The molecule has 3 aliphatic rings. The van der Waals surface area contributed by atoms with Gasteiger partial charge in [-0.2, -0.15) is 0 Å². The number of benzene rings is 1. The van der Waals surface area contributed by atoms with E-state index >= 15 is 0 Å². The van der Waals surface area contributed by atoms with E-state index in [1.807, 2.05) is 18.2 Å². The number of ether oxygens (including phenoxy) is 2. The Bertz CT molecular complexity index is 879. The fourth-order valence-corrected chi connectivity index (χ4v) is 5.38. The van der Waals surface area contributed by atoms with Crippen LogP contribution in [-0.2, 0) is 26.0 Å². The molecule has 1 unspecified atom stereocenters. The van der Waals surface area contributed by atoms with Crippen molar-refractivity contribution in [3.63, 3.8) is 0 Å². The van der Waals surface area contributed by atoms with Crippen LogP contribution in [0.4, 0.5) is 0 Å². The molecule has 0 aromatic heterocycles. The van der Waals surface area contributed by atoms with Crippen LogP contribution < -0.4 is 14.8 Å².